The van der Waals surface area contributed by atoms with Crippen LogP contribution in [0.4, 0.5) is 23.2 Å². The molecule has 3 aromatic carbocycles. The van der Waals surface area contributed by atoms with Crippen LogP contribution in [0.2, 0.25) is 0 Å². The van der Waals surface area contributed by atoms with Gasteiger partial charge in [-0.15, -0.1) is 0 Å². The minimum absolute atomic E-state index is 0.177. The standard InChI is InChI=1S/C28H15F4NO9S/c1-11-7-12(2)27(19(8-11)33(37)38)43(39,40)42-26-18(30)10-16-20(13-5-3-4-6-14(13)28(35)36)15-9-17(29)23(34)21(31)24(15)41-25(16)22(26)32/h3-10H,1-2H3,(H,35,36). The Kier molecular flexibility index (Phi) is 6.92. The Morgan fingerprint density at radius 3 is 2.30 bits per heavy atom. The Hall–Kier alpha value is -5.31. The highest BCUT2D eigenvalue weighted by atomic mass is 32.2. The molecule has 15 heteroatoms. The second kappa shape index (κ2) is 10.2. The van der Waals surface area contributed by atoms with Gasteiger partial charge in [0.05, 0.1) is 10.5 Å². The average molecular weight is 617 g/mol. The largest absolute Gasteiger partial charge is 0.478 e. The molecule has 1 aliphatic heterocycles. The van der Waals surface area contributed by atoms with Crippen LogP contribution in [-0.4, -0.2) is 24.4 Å². The number of halogens is 4. The number of rotatable bonds is 6. The van der Waals surface area contributed by atoms with Crippen LogP contribution in [0.3, 0.4) is 0 Å². The molecule has 10 nitrogen and oxygen atoms in total. The molecule has 0 bridgehead atoms. The highest BCUT2D eigenvalue weighted by Gasteiger charge is 2.35. The van der Waals surface area contributed by atoms with Crippen molar-refractivity contribution in [1.29, 1.82) is 0 Å². The van der Waals surface area contributed by atoms with Gasteiger partial charge < -0.3 is 13.7 Å². The number of aryl methyl sites for hydroxylation is 2. The zero-order valence-electron chi connectivity index (χ0n) is 21.7. The third-order valence-electron chi connectivity index (χ3n) is 6.47. The van der Waals surface area contributed by atoms with E-state index in [4.69, 9.17) is 8.60 Å². The van der Waals surface area contributed by atoms with Crippen LogP contribution < -0.4 is 9.61 Å². The first-order valence-electron chi connectivity index (χ1n) is 11.9. The van der Waals surface area contributed by atoms with Gasteiger partial charge in [0.15, 0.2) is 27.9 Å². The SMILES string of the molecule is Cc1cc(C)c(S(=O)(=O)Oc2c(F)cc3c(-c4ccccc4C(=O)O)c4cc(F)c(=O)c(F)c-4oc3c2F)c([N+](=O)[O-])c1. The number of hydrogen-bond acceptors (Lipinski definition) is 8. The van der Waals surface area contributed by atoms with E-state index >= 15 is 8.78 Å². The summed E-state index contributed by atoms with van der Waals surface area (Å²) in [5.41, 5.74) is -5.48. The van der Waals surface area contributed by atoms with Crippen molar-refractivity contribution in [2.45, 2.75) is 18.7 Å². The summed E-state index contributed by atoms with van der Waals surface area (Å²) in [6.07, 6.45) is 0. The van der Waals surface area contributed by atoms with E-state index in [1.54, 1.807) is 0 Å². The number of aromatic carboxylic acids is 1. The van der Waals surface area contributed by atoms with Gasteiger partial charge in [0, 0.05) is 22.6 Å². The van der Waals surface area contributed by atoms with Gasteiger partial charge in [0.25, 0.3) is 11.1 Å². The lowest BCUT2D eigenvalue weighted by atomic mass is 9.90. The van der Waals surface area contributed by atoms with E-state index in [0.717, 1.165) is 12.1 Å². The van der Waals surface area contributed by atoms with Crippen LogP contribution in [0.1, 0.15) is 21.5 Å². The van der Waals surface area contributed by atoms with Crippen molar-refractivity contribution < 1.29 is 49.4 Å². The molecule has 0 radical (unpaired) electrons. The first kappa shape index (κ1) is 29.2. The zero-order chi connectivity index (χ0) is 31.5. The molecule has 3 aromatic rings. The fourth-order valence-electron chi connectivity index (χ4n) is 4.78. The van der Waals surface area contributed by atoms with Gasteiger partial charge in [-0.25, -0.2) is 13.6 Å². The van der Waals surface area contributed by atoms with E-state index in [9.17, 15) is 42.0 Å². The quantitative estimate of drug-likeness (QED) is 0.0781. The van der Waals surface area contributed by atoms with Crippen molar-refractivity contribution in [1.82, 2.24) is 0 Å². The lowest BCUT2D eigenvalue weighted by molar-refractivity contribution is -0.388. The fraction of sp³-hybridized carbons (Fsp3) is 0.0714. The second-order valence-electron chi connectivity index (χ2n) is 9.31. The summed E-state index contributed by atoms with van der Waals surface area (Å²) < 4.78 is 97.1. The molecule has 0 saturated heterocycles. The molecule has 5 rings (SSSR count). The Bertz CT molecular complexity index is 2180. The summed E-state index contributed by atoms with van der Waals surface area (Å²) in [5, 5.41) is 20.7. The fourth-order valence-corrected chi connectivity index (χ4v) is 6.08. The van der Waals surface area contributed by atoms with Crippen molar-refractivity contribution >= 4 is 32.7 Å². The maximum Gasteiger partial charge on any atom is 0.346 e. The van der Waals surface area contributed by atoms with Crippen LogP contribution in [0.15, 0.2) is 62.6 Å². The highest BCUT2D eigenvalue weighted by molar-refractivity contribution is 7.87. The number of hydrogen-bond donors (Lipinski definition) is 1. The third-order valence-corrected chi connectivity index (χ3v) is 7.89. The van der Waals surface area contributed by atoms with Gasteiger partial charge >= 0.3 is 16.1 Å². The monoisotopic (exact) mass is 617 g/mol. The number of nitro groups is 1. The number of nitrogens with zero attached hydrogens (tertiary/aromatic N) is 1. The lowest BCUT2D eigenvalue weighted by Gasteiger charge is -2.18. The molecule has 1 aliphatic carbocycles. The Balaban J connectivity index is 1.87. The molecule has 1 heterocycles. The van der Waals surface area contributed by atoms with Crippen molar-refractivity contribution in [3.05, 3.63) is 109 Å². The van der Waals surface area contributed by atoms with E-state index < -0.39 is 99.5 Å². The molecule has 220 valence electrons. The average Bonchev–Trinajstić information content (AvgIpc) is 2.92. The number of fused-ring (bicyclic) bond motifs is 2. The zero-order valence-corrected chi connectivity index (χ0v) is 22.5. The van der Waals surface area contributed by atoms with Crippen LogP contribution in [0, 0.1) is 47.2 Å². The topological polar surface area (TPSA) is 154 Å². The van der Waals surface area contributed by atoms with Crippen molar-refractivity contribution in [3.8, 4) is 28.2 Å². The summed E-state index contributed by atoms with van der Waals surface area (Å²) in [6.45, 7) is 2.64. The molecule has 1 N–H and O–H groups in total. The first-order valence-corrected chi connectivity index (χ1v) is 13.3. The molecule has 0 unspecified atom stereocenters. The Morgan fingerprint density at radius 1 is 0.977 bits per heavy atom. The maximum absolute atomic E-state index is 15.9. The van der Waals surface area contributed by atoms with Crippen LogP contribution in [0.5, 0.6) is 5.75 Å². The maximum atomic E-state index is 15.9. The number of benzene rings is 4. The van der Waals surface area contributed by atoms with E-state index in [1.807, 2.05) is 0 Å². The second-order valence-corrected chi connectivity index (χ2v) is 10.8. The first-order chi connectivity index (χ1) is 20.1. The molecule has 0 amide bonds. The smallest absolute Gasteiger partial charge is 0.346 e. The minimum Gasteiger partial charge on any atom is -0.478 e. The predicted molar refractivity (Wildman–Crippen MR) is 142 cm³/mol. The van der Waals surface area contributed by atoms with Crippen LogP contribution in [-0.2, 0) is 10.1 Å². The molecule has 0 atom stereocenters. The van der Waals surface area contributed by atoms with E-state index in [1.165, 1.54) is 38.1 Å². The minimum atomic E-state index is -5.31. The van der Waals surface area contributed by atoms with Crippen LogP contribution >= 0.6 is 0 Å². The molecular weight excluding hydrogens is 602 g/mol. The summed E-state index contributed by atoms with van der Waals surface area (Å²) in [6, 6.07) is 8.04. The summed E-state index contributed by atoms with van der Waals surface area (Å²) >= 11 is 0. The number of carboxylic acids is 1. The molecule has 43 heavy (non-hydrogen) atoms. The number of carbonyl (C=O) groups is 1. The number of nitro benzene ring substituents is 1. The normalized spacial score (nSPS) is 11.7. The van der Waals surface area contributed by atoms with Crippen molar-refractivity contribution in [2.24, 2.45) is 0 Å². The number of carboxylic acid groups (broad SMARTS) is 1. The molecule has 0 saturated carbocycles. The lowest BCUT2D eigenvalue weighted by Crippen LogP contribution is -2.16. The summed E-state index contributed by atoms with van der Waals surface area (Å²) in [5.74, 6) is -11.3. The predicted octanol–water partition coefficient (Wildman–Crippen LogP) is 6.11. The Labute approximate surface area is 238 Å². The van der Waals surface area contributed by atoms with Crippen LogP contribution in [0.25, 0.3) is 33.4 Å². The Morgan fingerprint density at radius 2 is 1.65 bits per heavy atom. The summed E-state index contributed by atoms with van der Waals surface area (Å²) in [4.78, 5) is 33.5. The van der Waals surface area contributed by atoms with Gasteiger partial charge in [-0.3, -0.25) is 14.9 Å². The van der Waals surface area contributed by atoms with Gasteiger partial charge in [-0.05, 0) is 48.7 Å². The van der Waals surface area contributed by atoms with Gasteiger partial charge in [-0.2, -0.15) is 17.2 Å². The van der Waals surface area contributed by atoms with Gasteiger partial charge in [0.1, 0.15) is 0 Å². The third kappa shape index (κ3) is 4.72. The molecular formula is C28H15F4NO9S. The molecule has 0 aromatic heterocycles. The summed E-state index contributed by atoms with van der Waals surface area (Å²) in [7, 11) is -5.31. The van der Waals surface area contributed by atoms with Gasteiger partial charge in [0.2, 0.25) is 17.4 Å². The van der Waals surface area contributed by atoms with Gasteiger partial charge in [-0.1, -0.05) is 24.3 Å². The molecule has 0 fully saturated rings. The van der Waals surface area contributed by atoms with Crippen molar-refractivity contribution in [2.75, 3.05) is 0 Å². The highest BCUT2D eigenvalue weighted by Crippen LogP contribution is 2.45. The van der Waals surface area contributed by atoms with E-state index in [0.29, 0.717) is 17.7 Å². The van der Waals surface area contributed by atoms with E-state index in [-0.39, 0.29) is 11.1 Å². The molecule has 0 spiro atoms. The van der Waals surface area contributed by atoms with Crippen molar-refractivity contribution in [3.63, 3.8) is 0 Å². The molecule has 2 aliphatic rings. The van der Waals surface area contributed by atoms with E-state index in [2.05, 4.69) is 0 Å².